The molecule has 0 bridgehead atoms. The number of ether oxygens (including phenoxy) is 1. The first kappa shape index (κ1) is 13.7. The average molecular weight is 241 g/mol. The number of carbonyl (C=O) groups is 2. The van der Waals surface area contributed by atoms with E-state index < -0.39 is 17.6 Å². The van der Waals surface area contributed by atoms with E-state index in [1.54, 1.807) is 12.2 Å². The molecule has 1 aliphatic carbocycles. The highest BCUT2D eigenvalue weighted by molar-refractivity contribution is 5.90. The molecule has 5 heteroatoms. The van der Waals surface area contributed by atoms with Gasteiger partial charge in [-0.3, -0.25) is 4.79 Å². The van der Waals surface area contributed by atoms with Crippen molar-refractivity contribution in [2.75, 3.05) is 7.11 Å². The van der Waals surface area contributed by atoms with Crippen molar-refractivity contribution in [1.82, 2.24) is 5.32 Å². The van der Waals surface area contributed by atoms with Crippen LogP contribution in [0.1, 0.15) is 32.6 Å². The van der Waals surface area contributed by atoms with Gasteiger partial charge in [0.05, 0.1) is 0 Å². The van der Waals surface area contributed by atoms with Crippen LogP contribution < -0.4 is 5.32 Å². The molecule has 0 aromatic carbocycles. The molecule has 0 spiro atoms. The van der Waals surface area contributed by atoms with Crippen LogP contribution in [0.25, 0.3) is 0 Å². The molecule has 1 rings (SSSR count). The molecule has 0 aromatic rings. The van der Waals surface area contributed by atoms with Crippen LogP contribution in [0.2, 0.25) is 0 Å². The molecule has 1 fully saturated rings. The van der Waals surface area contributed by atoms with Gasteiger partial charge in [-0.25, -0.2) is 4.79 Å². The Balaban J connectivity index is 2.60. The van der Waals surface area contributed by atoms with Crippen molar-refractivity contribution in [3.63, 3.8) is 0 Å². The van der Waals surface area contributed by atoms with E-state index in [0.717, 1.165) is 6.42 Å². The summed E-state index contributed by atoms with van der Waals surface area (Å²) in [4.78, 5) is 22.9. The van der Waals surface area contributed by atoms with Crippen molar-refractivity contribution in [1.29, 1.82) is 0 Å². The highest BCUT2D eigenvalue weighted by Crippen LogP contribution is 2.35. The maximum absolute atomic E-state index is 11.9. The molecule has 1 aliphatic rings. The second-order valence-corrected chi connectivity index (χ2v) is 4.22. The quantitative estimate of drug-likeness (QED) is 0.682. The van der Waals surface area contributed by atoms with E-state index >= 15 is 0 Å². The summed E-state index contributed by atoms with van der Waals surface area (Å²) in [7, 11) is 1.49. The van der Waals surface area contributed by atoms with Crippen molar-refractivity contribution in [2.45, 2.75) is 44.2 Å². The van der Waals surface area contributed by atoms with Gasteiger partial charge in [-0.15, -0.1) is 0 Å². The number of methoxy groups -OCH3 is 1. The predicted molar refractivity (Wildman–Crippen MR) is 62.6 cm³/mol. The first-order chi connectivity index (χ1) is 8.05. The normalized spacial score (nSPS) is 19.6. The summed E-state index contributed by atoms with van der Waals surface area (Å²) in [5, 5.41) is 11.5. The molecule has 96 valence electrons. The van der Waals surface area contributed by atoms with Crippen molar-refractivity contribution >= 4 is 11.9 Å². The van der Waals surface area contributed by atoms with E-state index in [-0.39, 0.29) is 12.3 Å². The molecule has 0 aromatic heterocycles. The Morgan fingerprint density at radius 1 is 1.53 bits per heavy atom. The summed E-state index contributed by atoms with van der Waals surface area (Å²) < 4.78 is 5.20. The Morgan fingerprint density at radius 3 is 2.53 bits per heavy atom. The first-order valence-corrected chi connectivity index (χ1v) is 5.76. The van der Waals surface area contributed by atoms with Gasteiger partial charge in [0.25, 0.3) is 5.91 Å². The maximum atomic E-state index is 11.9. The third-order valence-corrected chi connectivity index (χ3v) is 3.18. The van der Waals surface area contributed by atoms with Crippen LogP contribution in [-0.2, 0) is 14.3 Å². The molecular weight excluding hydrogens is 222 g/mol. The van der Waals surface area contributed by atoms with Crippen molar-refractivity contribution in [2.24, 2.45) is 0 Å². The summed E-state index contributed by atoms with van der Waals surface area (Å²) in [5.74, 6) is -1.34. The SMILES string of the molecule is C/C=C/CC(NC(=O)C1(OC)CCC1)C(=O)O. The van der Waals surface area contributed by atoms with Crippen LogP contribution >= 0.6 is 0 Å². The van der Waals surface area contributed by atoms with E-state index in [1.807, 2.05) is 6.92 Å². The monoisotopic (exact) mass is 241 g/mol. The molecule has 17 heavy (non-hydrogen) atoms. The lowest BCUT2D eigenvalue weighted by Gasteiger charge is -2.39. The van der Waals surface area contributed by atoms with Crippen molar-refractivity contribution in [3.8, 4) is 0 Å². The van der Waals surface area contributed by atoms with Crippen LogP contribution in [0.5, 0.6) is 0 Å². The Labute approximate surface area is 101 Å². The molecule has 0 aliphatic heterocycles. The number of allylic oxidation sites excluding steroid dienone is 1. The fraction of sp³-hybridized carbons (Fsp3) is 0.667. The second-order valence-electron chi connectivity index (χ2n) is 4.22. The summed E-state index contributed by atoms with van der Waals surface area (Å²) in [6.45, 7) is 1.81. The third kappa shape index (κ3) is 3.06. The van der Waals surface area contributed by atoms with Gasteiger partial charge in [0.15, 0.2) is 0 Å². The number of nitrogens with one attached hydrogen (secondary N) is 1. The topological polar surface area (TPSA) is 75.6 Å². The fourth-order valence-corrected chi connectivity index (χ4v) is 1.81. The lowest BCUT2D eigenvalue weighted by molar-refractivity contribution is -0.157. The van der Waals surface area contributed by atoms with Crippen LogP contribution in [0.4, 0.5) is 0 Å². The molecule has 5 nitrogen and oxygen atoms in total. The molecule has 0 heterocycles. The lowest BCUT2D eigenvalue weighted by Crippen LogP contribution is -2.56. The van der Waals surface area contributed by atoms with E-state index in [1.165, 1.54) is 7.11 Å². The number of aliphatic carboxylic acids is 1. The number of hydrogen-bond donors (Lipinski definition) is 2. The van der Waals surface area contributed by atoms with E-state index in [9.17, 15) is 9.59 Å². The highest BCUT2D eigenvalue weighted by atomic mass is 16.5. The van der Waals surface area contributed by atoms with Crippen LogP contribution in [0.3, 0.4) is 0 Å². The zero-order valence-electron chi connectivity index (χ0n) is 10.2. The van der Waals surface area contributed by atoms with E-state index in [4.69, 9.17) is 9.84 Å². The summed E-state index contributed by atoms with van der Waals surface area (Å²) in [5.41, 5.74) is -0.802. The van der Waals surface area contributed by atoms with E-state index in [0.29, 0.717) is 12.8 Å². The maximum Gasteiger partial charge on any atom is 0.326 e. The summed E-state index contributed by atoms with van der Waals surface area (Å²) in [6.07, 6.45) is 6.03. The number of hydrogen-bond acceptors (Lipinski definition) is 3. The van der Waals surface area contributed by atoms with Crippen LogP contribution in [0.15, 0.2) is 12.2 Å². The van der Waals surface area contributed by atoms with Crippen LogP contribution in [0, 0.1) is 0 Å². The minimum atomic E-state index is -1.03. The summed E-state index contributed by atoms with van der Waals surface area (Å²) in [6, 6.07) is -0.883. The van der Waals surface area contributed by atoms with Gasteiger partial charge in [-0.05, 0) is 32.6 Å². The summed E-state index contributed by atoms with van der Waals surface area (Å²) >= 11 is 0. The number of rotatable bonds is 6. The average Bonchev–Trinajstić information content (AvgIpc) is 2.23. The molecule has 1 amide bonds. The minimum absolute atomic E-state index is 0.289. The van der Waals surface area contributed by atoms with E-state index in [2.05, 4.69) is 5.32 Å². The van der Waals surface area contributed by atoms with Crippen LogP contribution in [-0.4, -0.2) is 35.7 Å². The predicted octanol–water partition coefficient (Wildman–Crippen LogP) is 1.09. The molecule has 1 unspecified atom stereocenters. The van der Waals surface area contributed by atoms with Gasteiger partial charge in [0.1, 0.15) is 11.6 Å². The Morgan fingerprint density at radius 2 is 2.18 bits per heavy atom. The minimum Gasteiger partial charge on any atom is -0.480 e. The Kier molecular flexibility index (Phi) is 4.69. The standard InChI is InChI=1S/C12H19NO4/c1-3-4-6-9(10(14)15)13-11(16)12(17-2)7-5-8-12/h3-4,9H,5-8H2,1-2H3,(H,13,16)(H,14,15)/b4-3+. The zero-order valence-corrected chi connectivity index (χ0v) is 10.2. The van der Waals surface area contributed by atoms with Gasteiger partial charge in [0.2, 0.25) is 0 Å². The first-order valence-electron chi connectivity index (χ1n) is 5.76. The van der Waals surface area contributed by atoms with Gasteiger partial charge >= 0.3 is 5.97 Å². The largest absolute Gasteiger partial charge is 0.480 e. The van der Waals surface area contributed by atoms with Gasteiger partial charge in [0, 0.05) is 7.11 Å². The molecule has 1 saturated carbocycles. The second kappa shape index (κ2) is 5.82. The number of carbonyl (C=O) groups excluding carboxylic acids is 1. The van der Waals surface area contributed by atoms with Gasteiger partial charge in [-0.2, -0.15) is 0 Å². The number of amides is 1. The lowest BCUT2D eigenvalue weighted by atomic mass is 9.79. The van der Waals surface area contributed by atoms with Crippen molar-refractivity contribution < 1.29 is 19.4 Å². The highest BCUT2D eigenvalue weighted by Gasteiger charge is 2.45. The third-order valence-electron chi connectivity index (χ3n) is 3.18. The van der Waals surface area contributed by atoms with Gasteiger partial charge < -0.3 is 15.2 Å². The zero-order chi connectivity index (χ0) is 12.9. The van der Waals surface area contributed by atoms with Crippen molar-refractivity contribution in [3.05, 3.63) is 12.2 Å². The molecule has 0 radical (unpaired) electrons. The smallest absolute Gasteiger partial charge is 0.326 e. The molecule has 1 atom stereocenters. The Bertz CT molecular complexity index is 315. The molecule has 2 N–H and O–H groups in total. The molecular formula is C12H19NO4. The number of carboxylic acids is 1. The fourth-order valence-electron chi connectivity index (χ4n) is 1.81. The number of carboxylic acid groups (broad SMARTS) is 1. The van der Waals surface area contributed by atoms with Gasteiger partial charge in [-0.1, -0.05) is 12.2 Å². The molecule has 0 saturated heterocycles. The Hall–Kier alpha value is -1.36.